The van der Waals surface area contributed by atoms with Crippen LogP contribution < -0.4 is 16.2 Å². The molecule has 5 nitrogen and oxygen atoms in total. The van der Waals surface area contributed by atoms with Crippen LogP contribution in [0.4, 0.5) is 11.4 Å². The van der Waals surface area contributed by atoms with Crippen LogP contribution in [0.25, 0.3) is 55.3 Å². The Morgan fingerprint density at radius 1 is 0.500 bits per heavy atom. The third kappa shape index (κ3) is 7.50. The molecule has 0 aliphatic rings. The Labute approximate surface area is 327 Å². The van der Waals surface area contributed by atoms with Crippen molar-refractivity contribution in [3.63, 3.8) is 0 Å². The third-order valence-corrected chi connectivity index (χ3v) is 10.1. The first-order chi connectivity index (χ1) is 27.8. The molecule has 0 amide bonds. The number of furan rings is 1. The lowest BCUT2D eigenvalue weighted by molar-refractivity contribution is 0.449. The molecule has 0 saturated heterocycles. The van der Waals surface area contributed by atoms with Gasteiger partial charge in [0.25, 0.3) is 0 Å². The first-order valence-electron chi connectivity index (χ1n) is 18.9. The van der Waals surface area contributed by atoms with E-state index in [0.29, 0.717) is 6.54 Å². The summed E-state index contributed by atoms with van der Waals surface area (Å²) in [6, 6.07) is 69.4. The predicted octanol–water partition coefficient (Wildman–Crippen LogP) is 12.7. The molecule has 270 valence electrons. The summed E-state index contributed by atoms with van der Waals surface area (Å²) in [6.07, 6.45) is 1.67. The average molecular weight is 725 g/mol. The maximum absolute atomic E-state index is 6.78. The summed E-state index contributed by atoms with van der Waals surface area (Å²) in [7, 11) is 0. The lowest BCUT2D eigenvalue weighted by Crippen LogP contribution is -2.34. The molecule has 0 aliphatic heterocycles. The van der Waals surface area contributed by atoms with E-state index in [-0.39, 0.29) is 6.17 Å². The van der Waals surface area contributed by atoms with Gasteiger partial charge >= 0.3 is 0 Å². The van der Waals surface area contributed by atoms with E-state index in [4.69, 9.17) is 9.41 Å². The largest absolute Gasteiger partial charge is 0.455 e. The van der Waals surface area contributed by atoms with Gasteiger partial charge in [-0.05, 0) is 51.6 Å². The van der Waals surface area contributed by atoms with Crippen molar-refractivity contribution in [3.8, 4) is 33.4 Å². The first-order valence-corrected chi connectivity index (χ1v) is 18.9. The van der Waals surface area contributed by atoms with E-state index in [9.17, 15) is 0 Å². The van der Waals surface area contributed by atoms with Gasteiger partial charge < -0.3 is 9.73 Å². The van der Waals surface area contributed by atoms with E-state index in [2.05, 4.69) is 174 Å². The number of hydrazine groups is 1. The van der Waals surface area contributed by atoms with Crippen LogP contribution in [0.3, 0.4) is 0 Å². The van der Waals surface area contributed by atoms with Crippen LogP contribution in [0.5, 0.6) is 0 Å². The van der Waals surface area contributed by atoms with Gasteiger partial charge in [-0.1, -0.05) is 182 Å². The molecule has 9 rings (SSSR count). The Kier molecular flexibility index (Phi) is 9.99. The molecule has 9 aromatic rings. The molecule has 0 spiro atoms. The lowest BCUT2D eigenvalue weighted by atomic mass is 9.96. The van der Waals surface area contributed by atoms with Gasteiger partial charge in [-0.3, -0.25) is 10.4 Å². The summed E-state index contributed by atoms with van der Waals surface area (Å²) < 4.78 is 6.78. The number of nitrogens with one attached hydrogen (secondary N) is 3. The van der Waals surface area contributed by atoms with Crippen molar-refractivity contribution in [2.45, 2.75) is 12.7 Å². The summed E-state index contributed by atoms with van der Waals surface area (Å²) >= 11 is 0. The standard InChI is InChI=1S/C51H40N4O/c1-5-15-36(16-6-1)34-52-51(40-21-11-4-12-22-40)55-53-35-37-27-30-42(31-28-37)54-48-33-41(29-32-43(48)38-17-7-2-8-18-38)45-24-14-26-47-46-25-13-23-44(49(46)56-50(45)47)39-19-9-3-10-20-39/h1-34,51,53-55H,35H2. The summed E-state index contributed by atoms with van der Waals surface area (Å²) in [5.41, 5.74) is 20.5. The van der Waals surface area contributed by atoms with Crippen molar-refractivity contribution in [2.24, 2.45) is 4.99 Å². The van der Waals surface area contributed by atoms with Crippen molar-refractivity contribution in [2.75, 3.05) is 5.32 Å². The van der Waals surface area contributed by atoms with Crippen LogP contribution in [0.1, 0.15) is 22.9 Å². The zero-order chi connectivity index (χ0) is 37.5. The normalized spacial score (nSPS) is 12.0. The number of rotatable bonds is 12. The highest BCUT2D eigenvalue weighted by molar-refractivity contribution is 6.13. The summed E-state index contributed by atoms with van der Waals surface area (Å²) in [4.78, 5) is 4.85. The molecular weight excluding hydrogens is 685 g/mol. The van der Waals surface area contributed by atoms with Crippen LogP contribution in [0.15, 0.2) is 210 Å². The van der Waals surface area contributed by atoms with E-state index in [0.717, 1.165) is 83.4 Å². The third-order valence-electron chi connectivity index (χ3n) is 10.1. The number of anilines is 2. The van der Waals surface area contributed by atoms with Crippen LogP contribution in [0.2, 0.25) is 0 Å². The molecule has 56 heavy (non-hydrogen) atoms. The molecule has 0 saturated carbocycles. The lowest BCUT2D eigenvalue weighted by Gasteiger charge is -2.17. The molecule has 1 unspecified atom stereocenters. The fourth-order valence-electron chi connectivity index (χ4n) is 7.23. The number of para-hydroxylation sites is 2. The Bertz CT molecular complexity index is 2730. The average Bonchev–Trinajstić information content (AvgIpc) is 3.66. The maximum Gasteiger partial charge on any atom is 0.143 e. The minimum absolute atomic E-state index is 0.239. The number of aliphatic imine (C=N–C) groups is 1. The van der Waals surface area contributed by atoms with E-state index in [1.807, 2.05) is 48.7 Å². The topological polar surface area (TPSA) is 61.6 Å². The van der Waals surface area contributed by atoms with E-state index < -0.39 is 0 Å². The fourth-order valence-corrected chi connectivity index (χ4v) is 7.23. The molecule has 1 aromatic heterocycles. The van der Waals surface area contributed by atoms with Crippen LogP contribution in [0, 0.1) is 0 Å². The molecule has 5 heteroatoms. The van der Waals surface area contributed by atoms with Gasteiger partial charge in [0, 0.05) is 51.6 Å². The zero-order valence-electron chi connectivity index (χ0n) is 30.8. The molecular formula is C51H40N4O. The Balaban J connectivity index is 0.979. The Morgan fingerprint density at radius 3 is 1.71 bits per heavy atom. The summed E-state index contributed by atoms with van der Waals surface area (Å²) in [6.45, 7) is 0.628. The monoisotopic (exact) mass is 724 g/mol. The van der Waals surface area contributed by atoms with Crippen molar-refractivity contribution in [1.82, 2.24) is 10.9 Å². The van der Waals surface area contributed by atoms with Crippen molar-refractivity contribution < 1.29 is 4.42 Å². The van der Waals surface area contributed by atoms with Crippen LogP contribution in [-0.4, -0.2) is 6.21 Å². The number of fused-ring (bicyclic) bond motifs is 3. The van der Waals surface area contributed by atoms with Gasteiger partial charge in [-0.15, -0.1) is 0 Å². The number of nitrogens with zero attached hydrogens (tertiary/aromatic N) is 1. The predicted molar refractivity (Wildman–Crippen MR) is 233 cm³/mol. The van der Waals surface area contributed by atoms with Crippen molar-refractivity contribution >= 4 is 39.5 Å². The van der Waals surface area contributed by atoms with Gasteiger partial charge in [0.15, 0.2) is 0 Å². The van der Waals surface area contributed by atoms with E-state index in [1.54, 1.807) is 0 Å². The van der Waals surface area contributed by atoms with Gasteiger partial charge in [-0.25, -0.2) is 5.43 Å². The molecule has 0 aliphatic carbocycles. The highest BCUT2D eigenvalue weighted by Crippen LogP contribution is 2.41. The van der Waals surface area contributed by atoms with Crippen molar-refractivity contribution in [1.29, 1.82) is 0 Å². The highest BCUT2D eigenvalue weighted by Gasteiger charge is 2.17. The second-order valence-corrected chi connectivity index (χ2v) is 13.8. The van der Waals surface area contributed by atoms with Crippen LogP contribution in [-0.2, 0) is 6.54 Å². The first kappa shape index (κ1) is 34.7. The van der Waals surface area contributed by atoms with Crippen molar-refractivity contribution in [3.05, 3.63) is 217 Å². The molecule has 3 N–H and O–H groups in total. The minimum atomic E-state index is -0.239. The SMILES string of the molecule is C(=NC(NNCc1ccc(Nc2cc(-c3cccc4c3oc3c(-c5ccccc5)cccc34)ccc2-c2ccccc2)cc1)c1ccccc1)c1ccccc1. The Hall–Kier alpha value is -7.05. The number of benzene rings is 8. The maximum atomic E-state index is 6.78. The second-order valence-electron chi connectivity index (χ2n) is 13.8. The quantitative estimate of drug-likeness (QED) is 0.0867. The smallest absolute Gasteiger partial charge is 0.143 e. The molecule has 0 bridgehead atoms. The molecule has 8 aromatic carbocycles. The minimum Gasteiger partial charge on any atom is -0.455 e. The number of hydrogen-bond acceptors (Lipinski definition) is 5. The number of hydrogen-bond donors (Lipinski definition) is 3. The molecule has 1 heterocycles. The molecule has 0 fully saturated rings. The van der Waals surface area contributed by atoms with Gasteiger partial charge in [0.1, 0.15) is 17.3 Å². The molecule has 0 radical (unpaired) electrons. The van der Waals surface area contributed by atoms with E-state index in [1.165, 1.54) is 0 Å². The summed E-state index contributed by atoms with van der Waals surface area (Å²) in [5, 5.41) is 5.97. The Morgan fingerprint density at radius 2 is 1.07 bits per heavy atom. The van der Waals surface area contributed by atoms with Gasteiger partial charge in [0.2, 0.25) is 0 Å². The van der Waals surface area contributed by atoms with E-state index >= 15 is 0 Å². The highest BCUT2D eigenvalue weighted by atomic mass is 16.3. The molecule has 1 atom stereocenters. The second kappa shape index (κ2) is 16.1. The van der Waals surface area contributed by atoms with Crippen LogP contribution >= 0.6 is 0 Å². The fraction of sp³-hybridized carbons (Fsp3) is 0.0392. The van der Waals surface area contributed by atoms with Gasteiger partial charge in [-0.2, -0.15) is 0 Å². The zero-order valence-corrected chi connectivity index (χ0v) is 30.8. The summed E-state index contributed by atoms with van der Waals surface area (Å²) in [5.74, 6) is 0. The van der Waals surface area contributed by atoms with Gasteiger partial charge in [0.05, 0.1) is 0 Å².